The summed E-state index contributed by atoms with van der Waals surface area (Å²) in [7, 11) is -3.83. The average Bonchev–Trinajstić information content (AvgIpc) is 2.61. The number of sulfonamides is 1. The van der Waals surface area contributed by atoms with Crippen LogP contribution in [0.1, 0.15) is 5.56 Å². The van der Waals surface area contributed by atoms with Crippen molar-refractivity contribution in [3.05, 3.63) is 64.9 Å². The first kappa shape index (κ1) is 18.3. The summed E-state index contributed by atoms with van der Waals surface area (Å²) in [6, 6.07) is 13.9. The zero-order valence-corrected chi connectivity index (χ0v) is 15.3. The van der Waals surface area contributed by atoms with Gasteiger partial charge in [0.05, 0.1) is 0 Å². The molecule has 0 aromatic heterocycles. The summed E-state index contributed by atoms with van der Waals surface area (Å²) in [6.07, 6.45) is 0.930. The van der Waals surface area contributed by atoms with Crippen molar-refractivity contribution in [3.8, 4) is 0 Å². The van der Waals surface area contributed by atoms with Crippen molar-refractivity contribution in [3.63, 3.8) is 0 Å². The molecule has 1 heterocycles. The van der Waals surface area contributed by atoms with Gasteiger partial charge in [-0.15, -0.1) is 0 Å². The van der Waals surface area contributed by atoms with Gasteiger partial charge in [-0.3, -0.25) is 0 Å². The van der Waals surface area contributed by atoms with Gasteiger partial charge in [-0.25, -0.2) is 12.8 Å². The molecule has 1 aliphatic rings. The normalized spacial score (nSPS) is 16.9. The van der Waals surface area contributed by atoms with E-state index < -0.39 is 15.8 Å². The van der Waals surface area contributed by atoms with E-state index in [1.54, 1.807) is 0 Å². The second kappa shape index (κ2) is 7.83. The first-order valence-electron chi connectivity index (χ1n) is 8.18. The van der Waals surface area contributed by atoms with Gasteiger partial charge in [-0.05, 0) is 30.2 Å². The summed E-state index contributed by atoms with van der Waals surface area (Å²) in [6.45, 7) is 2.88. The largest absolute Gasteiger partial charge is 0.300 e. The van der Waals surface area contributed by atoms with E-state index in [2.05, 4.69) is 17.0 Å². The maximum absolute atomic E-state index is 14.0. The molecule has 0 aliphatic carbocycles. The van der Waals surface area contributed by atoms with E-state index in [4.69, 9.17) is 11.6 Å². The van der Waals surface area contributed by atoms with Crippen LogP contribution < -0.4 is 0 Å². The Labute approximate surface area is 152 Å². The highest BCUT2D eigenvalue weighted by atomic mass is 35.5. The van der Waals surface area contributed by atoms with Crippen molar-refractivity contribution in [1.82, 2.24) is 9.21 Å². The van der Waals surface area contributed by atoms with E-state index in [-0.39, 0.29) is 9.92 Å². The third-order valence-corrected chi connectivity index (χ3v) is 6.57. The molecule has 1 saturated heterocycles. The number of piperazine rings is 1. The van der Waals surface area contributed by atoms with Gasteiger partial charge in [-0.2, -0.15) is 4.31 Å². The Morgan fingerprint density at radius 1 is 1.00 bits per heavy atom. The highest BCUT2D eigenvalue weighted by Crippen LogP contribution is 2.23. The lowest BCUT2D eigenvalue weighted by molar-refractivity contribution is 0.190. The number of benzene rings is 2. The number of nitrogens with zero attached hydrogens (tertiary/aromatic N) is 2. The number of hydrogen-bond acceptors (Lipinski definition) is 3. The Balaban J connectivity index is 1.59. The van der Waals surface area contributed by atoms with Crippen LogP contribution in [0.25, 0.3) is 0 Å². The molecule has 1 fully saturated rings. The lowest BCUT2D eigenvalue weighted by Gasteiger charge is -2.34. The van der Waals surface area contributed by atoms with E-state index in [1.807, 2.05) is 18.2 Å². The minimum atomic E-state index is -3.83. The minimum absolute atomic E-state index is 0.183. The van der Waals surface area contributed by atoms with Crippen molar-refractivity contribution in [2.75, 3.05) is 32.7 Å². The number of rotatable bonds is 5. The molecular weight excluding hydrogens is 363 g/mol. The maximum atomic E-state index is 14.0. The summed E-state index contributed by atoms with van der Waals surface area (Å²) in [5.41, 5.74) is 1.26. The van der Waals surface area contributed by atoms with Crippen LogP contribution in [0, 0.1) is 5.82 Å². The zero-order valence-electron chi connectivity index (χ0n) is 13.7. The lowest BCUT2D eigenvalue weighted by atomic mass is 10.1. The Bertz CT molecular complexity index is 822. The first-order chi connectivity index (χ1) is 12.0. The van der Waals surface area contributed by atoms with Gasteiger partial charge in [0.15, 0.2) is 0 Å². The fourth-order valence-electron chi connectivity index (χ4n) is 2.95. The topological polar surface area (TPSA) is 40.6 Å². The zero-order chi connectivity index (χ0) is 17.9. The van der Waals surface area contributed by atoms with Gasteiger partial charge in [0.25, 0.3) is 0 Å². The fourth-order valence-corrected chi connectivity index (χ4v) is 4.58. The second-order valence-corrected chi connectivity index (χ2v) is 8.40. The van der Waals surface area contributed by atoms with Gasteiger partial charge < -0.3 is 4.90 Å². The molecule has 0 amide bonds. The second-order valence-electron chi connectivity index (χ2n) is 6.06. The third-order valence-electron chi connectivity index (χ3n) is 4.40. The smallest absolute Gasteiger partial charge is 0.246 e. The van der Waals surface area contributed by atoms with Gasteiger partial charge in [0, 0.05) is 37.7 Å². The molecule has 7 heteroatoms. The Morgan fingerprint density at radius 3 is 2.32 bits per heavy atom. The van der Waals surface area contributed by atoms with Crippen molar-refractivity contribution < 1.29 is 12.8 Å². The summed E-state index contributed by atoms with van der Waals surface area (Å²) < 4.78 is 40.6. The van der Waals surface area contributed by atoms with E-state index in [9.17, 15) is 12.8 Å². The van der Waals surface area contributed by atoms with Gasteiger partial charge in [-0.1, -0.05) is 41.9 Å². The number of halogens is 2. The van der Waals surface area contributed by atoms with Crippen molar-refractivity contribution >= 4 is 21.6 Å². The van der Waals surface area contributed by atoms with Crippen molar-refractivity contribution in [1.29, 1.82) is 0 Å². The molecule has 0 N–H and O–H groups in total. The third kappa shape index (κ3) is 4.39. The Morgan fingerprint density at radius 2 is 1.68 bits per heavy atom. The van der Waals surface area contributed by atoms with Crippen LogP contribution in [0.2, 0.25) is 5.02 Å². The van der Waals surface area contributed by atoms with Gasteiger partial charge in [0.2, 0.25) is 10.0 Å². The monoisotopic (exact) mass is 382 g/mol. The van der Waals surface area contributed by atoms with Crippen LogP contribution in [0.5, 0.6) is 0 Å². The predicted molar refractivity (Wildman–Crippen MR) is 96.8 cm³/mol. The lowest BCUT2D eigenvalue weighted by Crippen LogP contribution is -2.49. The number of hydrogen-bond donors (Lipinski definition) is 0. The van der Waals surface area contributed by atoms with Crippen LogP contribution >= 0.6 is 11.6 Å². The highest BCUT2D eigenvalue weighted by molar-refractivity contribution is 7.89. The van der Waals surface area contributed by atoms with Crippen LogP contribution in [-0.2, 0) is 16.4 Å². The molecule has 3 rings (SSSR count). The summed E-state index contributed by atoms with van der Waals surface area (Å²) in [4.78, 5) is 1.92. The van der Waals surface area contributed by atoms with Crippen LogP contribution in [0.15, 0.2) is 53.4 Å². The first-order valence-corrected chi connectivity index (χ1v) is 10.00. The highest BCUT2D eigenvalue weighted by Gasteiger charge is 2.30. The predicted octanol–water partition coefficient (Wildman–Crippen LogP) is 3.03. The van der Waals surface area contributed by atoms with E-state index in [0.29, 0.717) is 26.2 Å². The molecule has 2 aromatic carbocycles. The van der Waals surface area contributed by atoms with E-state index >= 15 is 0 Å². The summed E-state index contributed by atoms with van der Waals surface area (Å²) in [5.74, 6) is -0.806. The molecule has 0 spiro atoms. The van der Waals surface area contributed by atoms with E-state index in [1.165, 1.54) is 22.0 Å². The molecule has 0 radical (unpaired) electrons. The molecule has 2 aromatic rings. The molecular formula is C18H20ClFN2O2S. The van der Waals surface area contributed by atoms with Crippen LogP contribution in [0.3, 0.4) is 0 Å². The van der Waals surface area contributed by atoms with Crippen molar-refractivity contribution in [2.24, 2.45) is 0 Å². The molecule has 0 atom stereocenters. The molecule has 4 nitrogen and oxygen atoms in total. The quantitative estimate of drug-likeness (QED) is 0.798. The molecule has 0 unspecified atom stereocenters. The van der Waals surface area contributed by atoms with Gasteiger partial charge >= 0.3 is 0 Å². The standard InChI is InChI=1S/C18H20ClFN2O2S/c19-16-6-7-18(17(20)14-16)25(23,24)22-12-10-21(11-13-22)9-8-15-4-2-1-3-5-15/h1-7,14H,8-13H2. The molecule has 134 valence electrons. The van der Waals surface area contributed by atoms with E-state index in [0.717, 1.165) is 19.0 Å². The summed E-state index contributed by atoms with van der Waals surface area (Å²) >= 11 is 5.70. The Kier molecular flexibility index (Phi) is 5.74. The molecule has 1 aliphatic heterocycles. The molecule has 0 bridgehead atoms. The van der Waals surface area contributed by atoms with Gasteiger partial charge in [0.1, 0.15) is 10.7 Å². The Hall–Kier alpha value is -1.47. The SMILES string of the molecule is O=S(=O)(c1ccc(Cl)cc1F)N1CCN(CCc2ccccc2)CC1. The van der Waals surface area contributed by atoms with Crippen LogP contribution in [0.4, 0.5) is 4.39 Å². The molecule has 0 saturated carbocycles. The minimum Gasteiger partial charge on any atom is -0.300 e. The fraction of sp³-hybridized carbons (Fsp3) is 0.333. The molecule has 25 heavy (non-hydrogen) atoms. The summed E-state index contributed by atoms with van der Waals surface area (Å²) in [5, 5.41) is 0.183. The average molecular weight is 383 g/mol. The van der Waals surface area contributed by atoms with Crippen molar-refractivity contribution in [2.45, 2.75) is 11.3 Å². The maximum Gasteiger partial charge on any atom is 0.246 e. The van der Waals surface area contributed by atoms with Crippen LogP contribution in [-0.4, -0.2) is 50.3 Å².